The Hall–Kier alpha value is -13.8. The number of aromatic hydroxyl groups is 2. The van der Waals surface area contributed by atoms with Gasteiger partial charge in [-0.05, 0) is 428 Å². The largest absolute Gasteiger partial charge is 2.00 e. The van der Waals surface area contributed by atoms with Crippen LogP contribution in [-0.4, -0.2) is 58.6 Å². The summed E-state index contributed by atoms with van der Waals surface area (Å²) in [5, 5.41) is 114. The van der Waals surface area contributed by atoms with Crippen molar-refractivity contribution >= 4 is 335 Å². The van der Waals surface area contributed by atoms with Crippen molar-refractivity contribution in [2.45, 2.75) is 122 Å². The van der Waals surface area contributed by atoms with Crippen LogP contribution in [0.2, 0.25) is 0 Å². The molecule has 0 radical (unpaired) electrons. The summed E-state index contributed by atoms with van der Waals surface area (Å²) in [6.45, 7) is 27.5. The van der Waals surface area contributed by atoms with Crippen molar-refractivity contribution in [1.82, 2.24) is 44.8 Å². The first-order valence-corrected chi connectivity index (χ1v) is 46.2. The summed E-state index contributed by atoms with van der Waals surface area (Å²) in [5.41, 5.74) is 17.2. The minimum atomic E-state index is -0.490. The smallest absolute Gasteiger partial charge is 0.504 e. The monoisotopic (exact) mass is 1670 g/mol. The molecule has 588 valence electrons. The molecule has 6 heterocycles. The van der Waals surface area contributed by atoms with Gasteiger partial charge in [0.15, 0.2) is 11.5 Å². The number of hydrogen-bond acceptors (Lipinski definition) is 9. The van der Waals surface area contributed by atoms with Gasteiger partial charge in [0.2, 0.25) is 0 Å². The van der Waals surface area contributed by atoms with Crippen LogP contribution in [-0.2, 0) is 54.2 Å². The third-order valence-corrected chi connectivity index (χ3v) is 37.4. The van der Waals surface area contributed by atoms with E-state index in [-0.39, 0.29) is 66.3 Å². The minimum Gasteiger partial charge on any atom is -0.504 e. The fourth-order valence-electron chi connectivity index (χ4n) is 33.8. The summed E-state index contributed by atoms with van der Waals surface area (Å²) in [7, 11) is 2.44. The van der Waals surface area contributed by atoms with Gasteiger partial charge in [-0.15, -0.1) is 0 Å². The molecule has 0 saturated carbocycles. The summed E-state index contributed by atoms with van der Waals surface area (Å²) in [5.74, 6) is 2.20. The second-order valence-electron chi connectivity index (χ2n) is 46.1. The van der Waals surface area contributed by atoms with Crippen molar-refractivity contribution in [1.29, 1.82) is 0 Å². The Morgan fingerprint density at radius 2 is 0.504 bits per heavy atom. The molecule has 2 spiro atoms. The third kappa shape index (κ3) is 5.09. The molecule has 7 aliphatic rings. The number of fused-ring (bicyclic) bond motifs is 20. The number of rotatable bonds is 1. The van der Waals surface area contributed by atoms with Crippen LogP contribution >= 0.6 is 0 Å². The number of benzene rings is 23. The molecular weight excluding hydrogens is 1610 g/mol. The van der Waals surface area contributed by atoms with Crippen molar-refractivity contribution < 1.29 is 31.9 Å². The fraction of sp³-hybridized carbons (Fsp3) is 0.179. The number of hydrogen-bond donors (Lipinski definition) is 2. The maximum Gasteiger partial charge on any atom is 2.00 e. The van der Waals surface area contributed by atoms with Gasteiger partial charge in [0, 0.05) is 57.4 Å². The molecule has 33 aromatic carbocycles. The maximum absolute atomic E-state index is 11.8. The normalized spacial score (nSPS) is 19.0. The van der Waals surface area contributed by atoms with Crippen LogP contribution in [0.3, 0.4) is 0 Å². The minimum absolute atomic E-state index is 0. The summed E-state index contributed by atoms with van der Waals surface area (Å²) in [6, 6.07) is 31.8. The zero-order valence-electron chi connectivity index (χ0n) is 71.9. The average Bonchev–Trinajstić information content (AvgIpc) is 1.38. The van der Waals surface area contributed by atoms with Crippen LogP contribution in [0.4, 0.5) is 0 Å². The van der Waals surface area contributed by atoms with E-state index < -0.39 is 5.41 Å². The summed E-state index contributed by atoms with van der Waals surface area (Å²) < 4.78 is 0. The fourth-order valence-corrected chi connectivity index (χ4v) is 33.8. The van der Waals surface area contributed by atoms with Crippen molar-refractivity contribution in [3.8, 4) is 57.1 Å². The van der Waals surface area contributed by atoms with E-state index in [1.54, 1.807) is 319 Å². The second kappa shape index (κ2) is 16.8. The molecule has 2 N–H and O–H groups in total. The van der Waals surface area contributed by atoms with Gasteiger partial charge in [-0.3, -0.25) is 4.90 Å². The molecule has 1 saturated heterocycles. The number of likely N-dealkylation sites (N-methyl/N-ethyl adjacent to an activating group) is 1. The van der Waals surface area contributed by atoms with E-state index in [9.17, 15) is 10.2 Å². The van der Waals surface area contributed by atoms with Crippen LogP contribution in [0, 0.1) is 0 Å². The predicted molar refractivity (Wildman–Crippen MR) is 528 cm³/mol. The van der Waals surface area contributed by atoms with E-state index in [4.69, 9.17) is 39.9 Å². The molecule has 0 amide bonds. The zero-order valence-corrected chi connectivity index (χ0v) is 73.4. The molecule has 8 bridgehead atoms. The first-order valence-electron chi connectivity index (χ1n) is 46.2. The third-order valence-electron chi connectivity index (χ3n) is 37.4. The quantitative estimate of drug-likeness (QED) is 0.0919. The number of nitrogens with zero attached hydrogens (tertiary/aromatic N) is 9. The molecule has 43 rings (SSSR count). The Labute approximate surface area is 739 Å². The molecule has 4 aliphatic carbocycles. The standard InChI is InChI=1S/C69H11NO2.C48H48N8.Ti/c1-70-5-68-63-55-47-37-27-19-11-9-10-13-17-15(11)23-31-25(17)35-29-21(13)22-14(10)18-16-12(9)20(19)28-34-24(16)32-26(18)36-30(22)40-39(29)51-45(35)53-43(31)49(41(47)33(23)27)57(63)59(53)65-61(51)62-52(40)46(36)54-44(32)50-42(34)48(38(28)37)56(55)64(68)58(50)60(54)66(62)69(65,68)67(70)6-2-3-7(71)8(72)4-6;1-45(2,3)25-13-17-29-33(21-25)41-49-37(29)54-42-35-23-27(47(7,8)9)15-19-31(35)39(51-42)56-44-36-24-28(48(10,11)12)16-20-32(36)40(52-44)55-43-34-22-26(46(4,5)6)14-18-30(34)38(50-43)53-41;/h2-4,67,71-72H,5H2,1H3;13-24H,1-12H3;/q;-2;+2. The summed E-state index contributed by atoms with van der Waals surface area (Å²) in [6.07, 6.45) is 0. The Kier molecular flexibility index (Phi) is 8.22. The maximum atomic E-state index is 11.8. The Bertz CT molecular complexity index is 11300. The second-order valence-corrected chi connectivity index (χ2v) is 46.1. The van der Waals surface area contributed by atoms with E-state index in [2.05, 4.69) is 174 Å². The van der Waals surface area contributed by atoms with Gasteiger partial charge in [0.25, 0.3) is 0 Å². The number of phenols is 2. The van der Waals surface area contributed by atoms with E-state index >= 15 is 0 Å². The molecule has 1 atom stereocenters. The van der Waals surface area contributed by atoms with Crippen molar-refractivity contribution in [2.75, 3.05) is 13.6 Å². The zero-order chi connectivity index (χ0) is 82.9. The topological polar surface area (TPSA) is 149 Å². The molecular formula is C117H59N9O2Ti. The molecule has 129 heavy (non-hydrogen) atoms. The van der Waals surface area contributed by atoms with Crippen LogP contribution in [0.25, 0.3) is 381 Å². The molecule has 1 unspecified atom stereocenters. The molecule has 3 aliphatic heterocycles. The van der Waals surface area contributed by atoms with E-state index in [0.29, 0.717) is 45.9 Å². The molecule has 3 aromatic heterocycles. The predicted octanol–water partition coefficient (Wildman–Crippen LogP) is 28.7. The first kappa shape index (κ1) is 63.2. The first-order chi connectivity index (χ1) is 61.9. The number of aromatic nitrogens is 8. The van der Waals surface area contributed by atoms with Gasteiger partial charge in [-0.2, -0.15) is 0 Å². The van der Waals surface area contributed by atoms with Gasteiger partial charge in [0.1, 0.15) is 0 Å². The Balaban J connectivity index is 0.000000111. The van der Waals surface area contributed by atoms with Gasteiger partial charge >= 0.3 is 21.7 Å². The number of likely N-dealkylation sites (tertiary alicyclic amines) is 1. The SMILES string of the molecule is CC(C)(C)c1ccc2c(c1)-c1nc-2nc2[n-]c(nc3nc(nc4[n-]c(n1)c1ccc(C(C)(C)C)cc41)-c1ccc(C(C)(C)C)cc1-3)c1ccc(C(C)(C)C)cc21.CN1CC23c4c5c6c7c8c9c(c%10c%11c2c2c4c4c%12c5c5c6c6c8c8c%13c9c9c%10c%10c%11c%11c2c2c4c4c%12c%12c5c5c6c8c6c8c%13c9c9c%10c%10c%11c2c2c4c4c%12c5c6c5c8c9c%10c2c45)C73C1c1ccc(O)c(O)c1.[Ti+2]. The Morgan fingerprint density at radius 1 is 0.264 bits per heavy atom. The Morgan fingerprint density at radius 3 is 0.775 bits per heavy atom. The van der Waals surface area contributed by atoms with Gasteiger partial charge in [-0.1, -0.05) is 138 Å². The molecule has 1 fully saturated rings. The van der Waals surface area contributed by atoms with Crippen LogP contribution in [0.15, 0.2) is 91.0 Å². The van der Waals surface area contributed by atoms with Crippen molar-refractivity contribution in [2.24, 2.45) is 0 Å². The van der Waals surface area contributed by atoms with Gasteiger partial charge in [0.05, 0.1) is 34.1 Å². The average molecular weight is 1670 g/mol. The van der Waals surface area contributed by atoms with Crippen LogP contribution in [0.1, 0.15) is 139 Å². The van der Waals surface area contributed by atoms with Crippen molar-refractivity contribution in [3.63, 3.8) is 0 Å². The van der Waals surface area contributed by atoms with Gasteiger partial charge in [-0.25, -0.2) is 9.97 Å². The van der Waals surface area contributed by atoms with Crippen LogP contribution < -0.4 is 9.97 Å². The van der Waals surface area contributed by atoms with E-state index in [1.807, 2.05) is 6.07 Å². The van der Waals surface area contributed by atoms with E-state index in [1.165, 1.54) is 22.3 Å². The molecule has 11 nitrogen and oxygen atoms in total. The van der Waals surface area contributed by atoms with Crippen molar-refractivity contribution in [3.05, 3.63) is 141 Å². The van der Waals surface area contributed by atoms with Crippen LogP contribution in [0.5, 0.6) is 11.5 Å². The number of phenolic OH excluding ortho intramolecular Hbond substituents is 2. The summed E-state index contributed by atoms with van der Waals surface area (Å²) in [4.78, 5) is 44.4. The molecule has 36 aromatic rings. The van der Waals surface area contributed by atoms with Gasteiger partial charge < -0.3 is 40.1 Å². The summed E-state index contributed by atoms with van der Waals surface area (Å²) >= 11 is 0. The molecule has 12 heteroatoms. The van der Waals surface area contributed by atoms with E-state index in [0.717, 1.165) is 55.9 Å².